The van der Waals surface area contributed by atoms with E-state index in [-0.39, 0.29) is 0 Å². The van der Waals surface area contributed by atoms with Gasteiger partial charge in [0.15, 0.2) is 5.82 Å². The minimum atomic E-state index is 0.772. The third-order valence-electron chi connectivity index (χ3n) is 5.16. The van der Waals surface area contributed by atoms with Crippen LogP contribution in [0.5, 0.6) is 0 Å². The van der Waals surface area contributed by atoms with Crippen LogP contribution in [0.4, 0.5) is 0 Å². The number of H-pyrrole nitrogens is 2. The first-order valence-electron chi connectivity index (χ1n) is 9.65. The quantitative estimate of drug-likeness (QED) is 0.435. The van der Waals surface area contributed by atoms with Gasteiger partial charge in [0.25, 0.3) is 0 Å². The number of aromatic amines is 2. The monoisotopic (exact) mass is 388 g/mol. The first kappa shape index (κ1) is 16.6. The van der Waals surface area contributed by atoms with E-state index in [1.807, 2.05) is 42.5 Å². The Balaban J connectivity index is 1.40. The zero-order valence-corrected chi connectivity index (χ0v) is 15.9. The van der Waals surface area contributed by atoms with Crippen LogP contribution in [-0.4, -0.2) is 29.9 Å². The fraction of sp³-hybridized carbons (Fsp3) is 0. The summed E-state index contributed by atoms with van der Waals surface area (Å²) in [6.07, 6.45) is 5.31. The molecule has 2 N–H and O–H groups in total. The maximum atomic E-state index is 4.70. The molecule has 0 aliphatic heterocycles. The normalized spacial score (nSPS) is 11.3. The topological polar surface area (TPSA) is 83.1 Å². The van der Waals surface area contributed by atoms with Gasteiger partial charge in [-0.3, -0.25) is 9.97 Å². The van der Waals surface area contributed by atoms with Crippen molar-refractivity contribution in [3.63, 3.8) is 0 Å². The first-order chi connectivity index (χ1) is 14.8. The molecule has 142 valence electrons. The van der Waals surface area contributed by atoms with E-state index >= 15 is 0 Å². The van der Waals surface area contributed by atoms with Crippen LogP contribution >= 0.6 is 0 Å². The van der Waals surface area contributed by atoms with E-state index in [0.717, 1.165) is 56.1 Å². The first-order valence-corrected chi connectivity index (χ1v) is 9.65. The molecule has 6 heteroatoms. The lowest BCUT2D eigenvalue weighted by atomic mass is 10.0. The van der Waals surface area contributed by atoms with E-state index in [2.05, 4.69) is 49.2 Å². The van der Waals surface area contributed by atoms with Crippen molar-refractivity contribution in [2.24, 2.45) is 0 Å². The molecular weight excluding hydrogens is 372 g/mol. The summed E-state index contributed by atoms with van der Waals surface area (Å²) in [5.74, 6) is 1.61. The molecule has 0 fully saturated rings. The molecular formula is C24H16N6. The summed E-state index contributed by atoms with van der Waals surface area (Å²) >= 11 is 0. The SMILES string of the molecule is c1ccc(-c2nc3ccc(-c4ccc5nc(-c6ccncc6)[nH]c5c4)cc3[nH]2)nc1. The van der Waals surface area contributed by atoms with Crippen molar-refractivity contribution in [2.45, 2.75) is 0 Å². The molecule has 0 bridgehead atoms. The zero-order valence-electron chi connectivity index (χ0n) is 15.9. The second kappa shape index (κ2) is 6.63. The molecule has 0 atom stereocenters. The molecule has 0 aliphatic carbocycles. The summed E-state index contributed by atoms with van der Waals surface area (Å²) in [5, 5.41) is 0. The number of hydrogen-bond donors (Lipinski definition) is 2. The molecule has 6 aromatic rings. The van der Waals surface area contributed by atoms with Crippen molar-refractivity contribution in [3.05, 3.63) is 85.3 Å². The van der Waals surface area contributed by atoms with Crippen molar-refractivity contribution in [3.8, 4) is 34.0 Å². The van der Waals surface area contributed by atoms with Gasteiger partial charge in [-0.05, 0) is 59.7 Å². The predicted molar refractivity (Wildman–Crippen MR) is 118 cm³/mol. The summed E-state index contributed by atoms with van der Waals surface area (Å²) in [7, 11) is 0. The van der Waals surface area contributed by atoms with Gasteiger partial charge in [0.2, 0.25) is 0 Å². The second-order valence-electron chi connectivity index (χ2n) is 7.09. The number of nitrogens with one attached hydrogen (secondary N) is 2. The molecule has 0 radical (unpaired) electrons. The summed E-state index contributed by atoms with van der Waals surface area (Å²) < 4.78 is 0. The number of rotatable bonds is 3. The Bertz CT molecular complexity index is 1370. The predicted octanol–water partition coefficient (Wildman–Crippen LogP) is 5.23. The molecule has 4 heterocycles. The third kappa shape index (κ3) is 2.82. The van der Waals surface area contributed by atoms with Gasteiger partial charge in [-0.25, -0.2) is 9.97 Å². The van der Waals surface area contributed by atoms with Crippen LogP contribution in [0.3, 0.4) is 0 Å². The van der Waals surface area contributed by atoms with Gasteiger partial charge in [-0.15, -0.1) is 0 Å². The van der Waals surface area contributed by atoms with Crippen LogP contribution < -0.4 is 0 Å². The van der Waals surface area contributed by atoms with Crippen LogP contribution in [0.15, 0.2) is 85.3 Å². The third-order valence-corrected chi connectivity index (χ3v) is 5.16. The van der Waals surface area contributed by atoms with Crippen LogP contribution in [-0.2, 0) is 0 Å². The van der Waals surface area contributed by atoms with Gasteiger partial charge in [-0.1, -0.05) is 18.2 Å². The average Bonchev–Trinajstić information content (AvgIpc) is 3.43. The maximum Gasteiger partial charge on any atom is 0.157 e. The molecule has 0 aliphatic rings. The Labute approximate surface area is 171 Å². The summed E-state index contributed by atoms with van der Waals surface area (Å²) in [6, 6.07) is 22.2. The lowest BCUT2D eigenvalue weighted by Gasteiger charge is -2.01. The Morgan fingerprint density at radius 3 is 1.90 bits per heavy atom. The summed E-state index contributed by atoms with van der Waals surface area (Å²) in [6.45, 7) is 0. The van der Waals surface area contributed by atoms with Gasteiger partial charge >= 0.3 is 0 Å². The number of pyridine rings is 2. The smallest absolute Gasteiger partial charge is 0.157 e. The lowest BCUT2D eigenvalue weighted by molar-refractivity contribution is 1.24. The maximum absolute atomic E-state index is 4.70. The standard InChI is InChI=1S/C24H16N6/c1-2-10-26-20(3-1)24-28-19-7-5-17(14-22(19)30-24)16-4-6-18-21(13-16)29-23(27-18)15-8-11-25-12-9-15/h1-14H,(H,27,29)(H,28,30). The van der Waals surface area contributed by atoms with Crippen molar-refractivity contribution in [1.29, 1.82) is 0 Å². The highest BCUT2D eigenvalue weighted by molar-refractivity contribution is 5.88. The van der Waals surface area contributed by atoms with Crippen LogP contribution in [0.2, 0.25) is 0 Å². The molecule has 0 unspecified atom stereocenters. The van der Waals surface area contributed by atoms with Gasteiger partial charge in [0.1, 0.15) is 11.5 Å². The van der Waals surface area contributed by atoms with Gasteiger partial charge in [0.05, 0.1) is 22.1 Å². The Morgan fingerprint density at radius 1 is 0.567 bits per heavy atom. The molecule has 6 nitrogen and oxygen atoms in total. The molecule has 4 aromatic heterocycles. The van der Waals surface area contributed by atoms with Gasteiger partial charge in [0, 0.05) is 24.2 Å². The highest BCUT2D eigenvalue weighted by Crippen LogP contribution is 2.28. The number of hydrogen-bond acceptors (Lipinski definition) is 4. The van der Waals surface area contributed by atoms with Crippen LogP contribution in [0.1, 0.15) is 0 Å². The zero-order chi connectivity index (χ0) is 19.9. The van der Waals surface area contributed by atoms with E-state index in [0.29, 0.717) is 0 Å². The Morgan fingerprint density at radius 2 is 1.23 bits per heavy atom. The Kier molecular flexibility index (Phi) is 3.67. The fourth-order valence-electron chi connectivity index (χ4n) is 3.65. The van der Waals surface area contributed by atoms with E-state index in [4.69, 9.17) is 4.98 Å². The average molecular weight is 388 g/mol. The fourth-order valence-corrected chi connectivity index (χ4v) is 3.65. The van der Waals surface area contributed by atoms with Crippen molar-refractivity contribution >= 4 is 22.1 Å². The van der Waals surface area contributed by atoms with Crippen molar-refractivity contribution in [1.82, 2.24) is 29.9 Å². The Hall–Kier alpha value is -4.32. The molecule has 6 rings (SSSR count). The second-order valence-corrected chi connectivity index (χ2v) is 7.09. The van der Waals surface area contributed by atoms with E-state index in [1.54, 1.807) is 18.6 Å². The van der Waals surface area contributed by atoms with Crippen LogP contribution in [0, 0.1) is 0 Å². The van der Waals surface area contributed by atoms with Gasteiger partial charge < -0.3 is 9.97 Å². The minimum absolute atomic E-state index is 0.772. The number of benzene rings is 2. The molecule has 0 saturated heterocycles. The minimum Gasteiger partial charge on any atom is -0.338 e. The number of aromatic nitrogens is 6. The highest BCUT2D eigenvalue weighted by atomic mass is 14.9. The molecule has 2 aromatic carbocycles. The van der Waals surface area contributed by atoms with Crippen LogP contribution in [0.25, 0.3) is 56.1 Å². The van der Waals surface area contributed by atoms with E-state index in [1.165, 1.54) is 0 Å². The van der Waals surface area contributed by atoms with Crippen molar-refractivity contribution < 1.29 is 0 Å². The summed E-state index contributed by atoms with van der Waals surface area (Å²) in [4.78, 5) is 24.6. The largest absolute Gasteiger partial charge is 0.338 e. The number of imidazole rings is 2. The van der Waals surface area contributed by atoms with Crippen molar-refractivity contribution in [2.75, 3.05) is 0 Å². The van der Waals surface area contributed by atoms with E-state index < -0.39 is 0 Å². The van der Waals surface area contributed by atoms with E-state index in [9.17, 15) is 0 Å². The molecule has 0 spiro atoms. The lowest BCUT2D eigenvalue weighted by Crippen LogP contribution is -1.82. The highest BCUT2D eigenvalue weighted by Gasteiger charge is 2.10. The number of nitrogens with zero attached hydrogens (tertiary/aromatic N) is 4. The molecule has 0 saturated carbocycles. The molecule has 0 amide bonds. The number of fused-ring (bicyclic) bond motifs is 2. The molecule has 30 heavy (non-hydrogen) atoms. The van der Waals surface area contributed by atoms with Gasteiger partial charge in [-0.2, -0.15) is 0 Å². The summed E-state index contributed by atoms with van der Waals surface area (Å²) in [5.41, 5.74) is 7.91.